The van der Waals surface area contributed by atoms with Crippen molar-refractivity contribution in [3.05, 3.63) is 36.2 Å². The molecule has 0 fully saturated rings. The third-order valence-electron chi connectivity index (χ3n) is 1.21. The molecular weight excluding hydrogens is 160 g/mol. The van der Waals surface area contributed by atoms with Crippen LogP contribution in [0.2, 0.25) is 5.02 Å². The molecule has 0 aliphatic rings. The second kappa shape index (κ2) is 4.24. The van der Waals surface area contributed by atoms with Crippen LogP contribution in [0, 0.1) is 6.92 Å². The van der Waals surface area contributed by atoms with Gasteiger partial charge in [-0.25, -0.2) is 0 Å². The molecule has 1 radical (unpaired) electrons. The summed E-state index contributed by atoms with van der Waals surface area (Å²) in [4.78, 5) is 0. The third kappa shape index (κ3) is 2.81. The molecule has 0 saturated carbocycles. The SMILES string of the molecule is [CH2]CCOc1cccc(Cl)c1. The monoisotopic (exact) mass is 169 g/mol. The number of halogens is 1. The number of rotatable bonds is 3. The van der Waals surface area contributed by atoms with E-state index in [0.29, 0.717) is 11.6 Å². The van der Waals surface area contributed by atoms with E-state index in [4.69, 9.17) is 16.3 Å². The predicted molar refractivity (Wildman–Crippen MR) is 46.9 cm³/mol. The smallest absolute Gasteiger partial charge is 0.120 e. The second-order valence-electron chi connectivity index (χ2n) is 2.16. The topological polar surface area (TPSA) is 9.23 Å². The van der Waals surface area contributed by atoms with Crippen molar-refractivity contribution >= 4 is 11.6 Å². The van der Waals surface area contributed by atoms with Gasteiger partial charge in [-0.1, -0.05) is 17.7 Å². The molecule has 0 bridgehead atoms. The van der Waals surface area contributed by atoms with E-state index in [1.165, 1.54) is 0 Å². The predicted octanol–water partition coefficient (Wildman–Crippen LogP) is 2.94. The molecule has 0 saturated heterocycles. The van der Waals surface area contributed by atoms with Gasteiger partial charge in [0.15, 0.2) is 0 Å². The van der Waals surface area contributed by atoms with Gasteiger partial charge in [0.2, 0.25) is 0 Å². The first kappa shape index (κ1) is 8.41. The van der Waals surface area contributed by atoms with Crippen molar-refractivity contribution < 1.29 is 4.74 Å². The minimum Gasteiger partial charge on any atom is -0.494 e. The van der Waals surface area contributed by atoms with Gasteiger partial charge in [0.25, 0.3) is 0 Å². The van der Waals surface area contributed by atoms with Crippen LogP contribution in [-0.2, 0) is 0 Å². The van der Waals surface area contributed by atoms with Crippen molar-refractivity contribution in [2.75, 3.05) is 6.61 Å². The molecule has 59 valence electrons. The van der Waals surface area contributed by atoms with Crippen LogP contribution in [-0.4, -0.2) is 6.61 Å². The Balaban J connectivity index is 2.56. The van der Waals surface area contributed by atoms with Crippen LogP contribution in [0.5, 0.6) is 5.75 Å². The highest BCUT2D eigenvalue weighted by molar-refractivity contribution is 6.30. The molecule has 0 aromatic heterocycles. The van der Waals surface area contributed by atoms with E-state index in [-0.39, 0.29) is 0 Å². The summed E-state index contributed by atoms with van der Waals surface area (Å²) in [6.45, 7) is 4.30. The normalized spacial score (nSPS) is 9.64. The van der Waals surface area contributed by atoms with E-state index in [2.05, 4.69) is 6.92 Å². The maximum atomic E-state index is 5.73. The summed E-state index contributed by atoms with van der Waals surface area (Å²) in [6, 6.07) is 7.35. The molecule has 2 heteroatoms. The van der Waals surface area contributed by atoms with E-state index in [1.807, 2.05) is 18.2 Å². The van der Waals surface area contributed by atoms with E-state index < -0.39 is 0 Å². The maximum absolute atomic E-state index is 5.73. The number of benzene rings is 1. The number of ether oxygens (including phenoxy) is 1. The summed E-state index contributed by atoms with van der Waals surface area (Å²) in [5.41, 5.74) is 0. The second-order valence-corrected chi connectivity index (χ2v) is 2.60. The van der Waals surface area contributed by atoms with Crippen LogP contribution in [0.15, 0.2) is 24.3 Å². The zero-order chi connectivity index (χ0) is 8.10. The Kier molecular flexibility index (Phi) is 3.24. The molecule has 1 rings (SSSR count). The van der Waals surface area contributed by atoms with E-state index in [0.717, 1.165) is 12.2 Å². The molecule has 1 aromatic carbocycles. The fourth-order valence-electron chi connectivity index (χ4n) is 0.747. The first-order chi connectivity index (χ1) is 5.33. The number of hydrogen-bond acceptors (Lipinski definition) is 1. The number of hydrogen-bond donors (Lipinski definition) is 0. The lowest BCUT2D eigenvalue weighted by Crippen LogP contribution is -1.94. The Labute approximate surface area is 71.9 Å². The first-order valence-electron chi connectivity index (χ1n) is 3.50. The highest BCUT2D eigenvalue weighted by Gasteiger charge is 1.92. The molecule has 1 aromatic rings. The Morgan fingerprint density at radius 1 is 1.45 bits per heavy atom. The van der Waals surface area contributed by atoms with Gasteiger partial charge in [-0.15, -0.1) is 0 Å². The standard InChI is InChI=1S/C9H10ClO/c1-2-6-11-9-5-3-4-8(10)7-9/h3-5,7H,1-2,6H2. The van der Waals surface area contributed by atoms with Crippen LogP contribution in [0.4, 0.5) is 0 Å². The Morgan fingerprint density at radius 2 is 2.27 bits per heavy atom. The molecule has 0 atom stereocenters. The van der Waals surface area contributed by atoms with Crippen molar-refractivity contribution in [2.45, 2.75) is 6.42 Å². The average Bonchev–Trinajstić information content (AvgIpc) is 2.01. The van der Waals surface area contributed by atoms with Gasteiger partial charge < -0.3 is 4.74 Å². The fourth-order valence-corrected chi connectivity index (χ4v) is 0.927. The lowest BCUT2D eigenvalue weighted by atomic mass is 10.3. The van der Waals surface area contributed by atoms with E-state index >= 15 is 0 Å². The van der Waals surface area contributed by atoms with Crippen LogP contribution in [0.3, 0.4) is 0 Å². The van der Waals surface area contributed by atoms with Gasteiger partial charge in [0.1, 0.15) is 5.75 Å². The van der Waals surface area contributed by atoms with E-state index in [1.54, 1.807) is 6.07 Å². The molecule has 0 aliphatic carbocycles. The molecule has 0 aliphatic heterocycles. The highest BCUT2D eigenvalue weighted by Crippen LogP contribution is 2.16. The van der Waals surface area contributed by atoms with Gasteiger partial charge in [-0.3, -0.25) is 0 Å². The third-order valence-corrected chi connectivity index (χ3v) is 1.44. The molecular formula is C9H10ClO. The zero-order valence-electron chi connectivity index (χ0n) is 6.22. The summed E-state index contributed by atoms with van der Waals surface area (Å²) in [5.74, 6) is 0.807. The zero-order valence-corrected chi connectivity index (χ0v) is 6.97. The van der Waals surface area contributed by atoms with Crippen molar-refractivity contribution in [3.63, 3.8) is 0 Å². The molecule has 1 nitrogen and oxygen atoms in total. The lowest BCUT2D eigenvalue weighted by Gasteiger charge is -2.03. The molecule has 0 N–H and O–H groups in total. The molecule has 0 heterocycles. The van der Waals surface area contributed by atoms with Crippen LogP contribution in [0.25, 0.3) is 0 Å². The average molecular weight is 170 g/mol. The fraction of sp³-hybridized carbons (Fsp3) is 0.222. The molecule has 11 heavy (non-hydrogen) atoms. The van der Waals surface area contributed by atoms with Crippen LogP contribution >= 0.6 is 11.6 Å². The summed E-state index contributed by atoms with van der Waals surface area (Å²) in [6.07, 6.45) is 0.770. The van der Waals surface area contributed by atoms with Gasteiger partial charge in [0.05, 0.1) is 6.61 Å². The minimum absolute atomic E-state index is 0.639. The summed E-state index contributed by atoms with van der Waals surface area (Å²) in [7, 11) is 0. The highest BCUT2D eigenvalue weighted by atomic mass is 35.5. The van der Waals surface area contributed by atoms with Crippen LogP contribution < -0.4 is 4.74 Å². The summed E-state index contributed by atoms with van der Waals surface area (Å²) in [5, 5.41) is 0.701. The maximum Gasteiger partial charge on any atom is 0.120 e. The Bertz CT molecular complexity index is 223. The van der Waals surface area contributed by atoms with Crippen molar-refractivity contribution in [1.29, 1.82) is 0 Å². The quantitative estimate of drug-likeness (QED) is 0.676. The van der Waals surface area contributed by atoms with Crippen molar-refractivity contribution in [1.82, 2.24) is 0 Å². The lowest BCUT2D eigenvalue weighted by molar-refractivity contribution is 0.324. The van der Waals surface area contributed by atoms with Gasteiger partial charge >= 0.3 is 0 Å². The largest absolute Gasteiger partial charge is 0.494 e. The summed E-state index contributed by atoms with van der Waals surface area (Å²) >= 11 is 5.73. The molecule has 0 amide bonds. The van der Waals surface area contributed by atoms with Gasteiger partial charge in [0, 0.05) is 5.02 Å². The molecule has 0 spiro atoms. The minimum atomic E-state index is 0.639. The van der Waals surface area contributed by atoms with E-state index in [9.17, 15) is 0 Å². The van der Waals surface area contributed by atoms with Gasteiger partial charge in [-0.2, -0.15) is 0 Å². The molecule has 0 unspecified atom stereocenters. The van der Waals surface area contributed by atoms with Crippen molar-refractivity contribution in [3.8, 4) is 5.75 Å². The Morgan fingerprint density at radius 3 is 2.91 bits per heavy atom. The van der Waals surface area contributed by atoms with Gasteiger partial charge in [-0.05, 0) is 31.5 Å². The summed E-state index contributed by atoms with van der Waals surface area (Å²) < 4.78 is 5.29. The first-order valence-corrected chi connectivity index (χ1v) is 3.88. The van der Waals surface area contributed by atoms with Crippen molar-refractivity contribution in [2.24, 2.45) is 0 Å². The van der Waals surface area contributed by atoms with Crippen LogP contribution in [0.1, 0.15) is 6.42 Å². The Hall–Kier alpha value is -0.690.